The molecule has 2 aromatic carbocycles. The Bertz CT molecular complexity index is 1000. The molecule has 1 saturated heterocycles. The highest BCUT2D eigenvalue weighted by atomic mass is 32.2. The Morgan fingerprint density at radius 3 is 2.22 bits per heavy atom. The van der Waals surface area contributed by atoms with E-state index < -0.39 is 32.9 Å². The van der Waals surface area contributed by atoms with Gasteiger partial charge in [0.25, 0.3) is 15.9 Å². The van der Waals surface area contributed by atoms with Crippen LogP contribution in [-0.4, -0.2) is 29.3 Å². The molecule has 0 aliphatic carbocycles. The topological polar surface area (TPSA) is 74.7 Å². The summed E-state index contributed by atoms with van der Waals surface area (Å²) in [6.45, 7) is 7.00. The molecule has 1 aliphatic rings. The third kappa shape index (κ3) is 2.96. The lowest BCUT2D eigenvalue weighted by molar-refractivity contribution is -0.140. The van der Waals surface area contributed by atoms with Crippen molar-refractivity contribution in [2.75, 3.05) is 0 Å². The van der Waals surface area contributed by atoms with Gasteiger partial charge in [-0.2, -0.15) is 0 Å². The summed E-state index contributed by atoms with van der Waals surface area (Å²) >= 11 is 0. The Kier molecular flexibility index (Phi) is 4.48. The summed E-state index contributed by atoms with van der Waals surface area (Å²) in [7, 11) is -4.23. The van der Waals surface area contributed by atoms with Gasteiger partial charge in [0.05, 0.1) is 10.4 Å². The van der Waals surface area contributed by atoms with Crippen LogP contribution in [0.2, 0.25) is 0 Å². The predicted molar refractivity (Wildman–Crippen MR) is 98.7 cm³/mol. The van der Waals surface area contributed by atoms with Crippen LogP contribution in [0.5, 0.6) is 0 Å². The van der Waals surface area contributed by atoms with Gasteiger partial charge in [0.15, 0.2) is 5.60 Å². The summed E-state index contributed by atoms with van der Waals surface area (Å²) < 4.78 is 40.3. The van der Waals surface area contributed by atoms with Crippen LogP contribution in [0.3, 0.4) is 0 Å². The first-order chi connectivity index (χ1) is 12.5. The number of hydrogen-bond acceptors (Lipinski definition) is 4. The summed E-state index contributed by atoms with van der Waals surface area (Å²) in [6.07, 6.45) is 1.11. The van der Waals surface area contributed by atoms with Gasteiger partial charge < -0.3 is 5.11 Å². The maximum Gasteiger partial charge on any atom is 0.273 e. The van der Waals surface area contributed by atoms with Crippen LogP contribution < -0.4 is 0 Å². The van der Waals surface area contributed by atoms with Crippen LogP contribution in [0.15, 0.2) is 66.1 Å². The molecule has 2 atom stereocenters. The minimum absolute atomic E-state index is 0.0575. The van der Waals surface area contributed by atoms with Gasteiger partial charge >= 0.3 is 0 Å². The highest BCUT2D eigenvalue weighted by molar-refractivity contribution is 7.89. The minimum atomic E-state index is -4.23. The predicted octanol–water partition coefficient (Wildman–Crippen LogP) is 2.89. The Balaban J connectivity index is 2.14. The lowest BCUT2D eigenvalue weighted by Crippen LogP contribution is -2.47. The van der Waals surface area contributed by atoms with Crippen LogP contribution in [0.25, 0.3) is 0 Å². The summed E-state index contributed by atoms with van der Waals surface area (Å²) in [6, 6.07) is 10.9. The molecule has 27 heavy (non-hydrogen) atoms. The van der Waals surface area contributed by atoms with Crippen molar-refractivity contribution in [1.29, 1.82) is 0 Å². The van der Waals surface area contributed by atoms with Crippen molar-refractivity contribution >= 4 is 15.9 Å². The van der Waals surface area contributed by atoms with E-state index in [0.717, 1.165) is 17.7 Å². The van der Waals surface area contributed by atoms with Gasteiger partial charge in [-0.15, -0.1) is 6.58 Å². The van der Waals surface area contributed by atoms with E-state index >= 15 is 0 Å². The van der Waals surface area contributed by atoms with Crippen LogP contribution in [-0.2, 0) is 20.4 Å². The SMILES string of the molecule is C=C[C@@]1(C)C[C@](O)(c2ccc(F)cc2)C(=O)N1S(=O)(=O)c1ccc(C)cc1. The standard InChI is InChI=1S/C20H20FNO4S/c1-4-19(3)13-20(24,15-7-9-16(21)10-8-15)18(23)22(19)27(25,26)17-11-5-14(2)6-12-17/h4-12,24H,1,13H2,2-3H3/t19-,20-/m0/s1. The fraction of sp³-hybridized carbons (Fsp3) is 0.250. The first kappa shape index (κ1) is 19.3. The van der Waals surface area contributed by atoms with Crippen molar-refractivity contribution in [3.63, 3.8) is 0 Å². The zero-order valence-corrected chi connectivity index (χ0v) is 15.8. The monoisotopic (exact) mass is 389 g/mol. The van der Waals surface area contributed by atoms with Crippen molar-refractivity contribution in [3.8, 4) is 0 Å². The largest absolute Gasteiger partial charge is 0.375 e. The summed E-state index contributed by atoms with van der Waals surface area (Å²) in [4.78, 5) is 13.1. The highest BCUT2D eigenvalue weighted by Gasteiger charge is 2.60. The molecule has 142 valence electrons. The van der Waals surface area contributed by atoms with Gasteiger partial charge in [-0.3, -0.25) is 4.79 Å². The first-order valence-corrected chi connectivity index (χ1v) is 9.77. The fourth-order valence-electron chi connectivity index (χ4n) is 3.37. The molecule has 1 N–H and O–H groups in total. The maximum atomic E-state index is 13.2. The molecule has 5 nitrogen and oxygen atoms in total. The quantitative estimate of drug-likeness (QED) is 0.816. The van der Waals surface area contributed by atoms with Gasteiger partial charge in [-0.1, -0.05) is 35.9 Å². The lowest BCUT2D eigenvalue weighted by Gasteiger charge is -2.30. The highest BCUT2D eigenvalue weighted by Crippen LogP contribution is 2.46. The van der Waals surface area contributed by atoms with Crippen molar-refractivity contribution in [1.82, 2.24) is 4.31 Å². The number of aliphatic hydroxyl groups is 1. The van der Waals surface area contributed by atoms with Crippen LogP contribution in [0.1, 0.15) is 24.5 Å². The number of amides is 1. The van der Waals surface area contributed by atoms with E-state index in [2.05, 4.69) is 6.58 Å². The van der Waals surface area contributed by atoms with Crippen molar-refractivity contribution in [2.24, 2.45) is 0 Å². The van der Waals surface area contributed by atoms with Crippen LogP contribution in [0.4, 0.5) is 4.39 Å². The van der Waals surface area contributed by atoms with Crippen LogP contribution >= 0.6 is 0 Å². The number of rotatable bonds is 4. The molecule has 0 radical (unpaired) electrons. The second-order valence-corrected chi connectivity index (χ2v) is 8.78. The number of benzene rings is 2. The Morgan fingerprint density at radius 2 is 1.70 bits per heavy atom. The van der Waals surface area contributed by atoms with Gasteiger partial charge in [0.1, 0.15) is 5.82 Å². The Morgan fingerprint density at radius 1 is 1.15 bits per heavy atom. The zero-order valence-electron chi connectivity index (χ0n) is 15.0. The van der Waals surface area contributed by atoms with E-state index in [1.807, 2.05) is 6.92 Å². The average Bonchev–Trinajstić information content (AvgIpc) is 2.83. The molecule has 7 heteroatoms. The summed E-state index contributed by atoms with van der Waals surface area (Å²) in [5.74, 6) is -1.51. The van der Waals surface area contributed by atoms with Gasteiger partial charge in [0, 0.05) is 6.42 Å². The first-order valence-electron chi connectivity index (χ1n) is 8.33. The zero-order chi connectivity index (χ0) is 20.0. The molecular weight excluding hydrogens is 369 g/mol. The summed E-state index contributed by atoms with van der Waals surface area (Å²) in [5, 5.41) is 11.1. The van der Waals surface area contributed by atoms with Crippen molar-refractivity contribution in [2.45, 2.75) is 36.3 Å². The normalized spacial score (nSPS) is 25.6. The molecule has 0 unspecified atom stereocenters. The molecule has 0 spiro atoms. The second kappa shape index (κ2) is 6.28. The van der Waals surface area contributed by atoms with E-state index in [-0.39, 0.29) is 16.9 Å². The van der Waals surface area contributed by atoms with E-state index in [0.29, 0.717) is 4.31 Å². The number of hydrogen-bond donors (Lipinski definition) is 1. The third-order valence-electron chi connectivity index (χ3n) is 4.94. The molecule has 1 aliphatic heterocycles. The van der Waals surface area contributed by atoms with E-state index in [9.17, 15) is 22.7 Å². The fourth-order valence-corrected chi connectivity index (χ4v) is 5.12. The van der Waals surface area contributed by atoms with Gasteiger partial charge in [0.2, 0.25) is 0 Å². The van der Waals surface area contributed by atoms with Crippen molar-refractivity contribution in [3.05, 3.63) is 78.1 Å². The molecule has 0 bridgehead atoms. The molecule has 2 aromatic rings. The van der Waals surface area contributed by atoms with Crippen LogP contribution in [0, 0.1) is 12.7 Å². The lowest BCUT2D eigenvalue weighted by atomic mass is 9.86. The number of nitrogens with zero attached hydrogens (tertiary/aromatic N) is 1. The molecule has 1 heterocycles. The minimum Gasteiger partial charge on any atom is -0.375 e. The maximum absolute atomic E-state index is 13.2. The number of sulfonamides is 1. The van der Waals surface area contributed by atoms with Gasteiger partial charge in [-0.25, -0.2) is 17.1 Å². The smallest absolute Gasteiger partial charge is 0.273 e. The molecular formula is C20H20FNO4S. The van der Waals surface area contributed by atoms with Gasteiger partial charge in [-0.05, 0) is 43.7 Å². The number of carbonyl (C=O) groups is 1. The summed E-state index contributed by atoms with van der Waals surface area (Å²) in [5.41, 5.74) is -2.45. The molecule has 0 aromatic heterocycles. The molecule has 3 rings (SSSR count). The Labute approximate surface area is 157 Å². The second-order valence-electron chi connectivity index (χ2n) is 6.99. The third-order valence-corrected chi connectivity index (χ3v) is 6.87. The van der Waals surface area contributed by atoms with E-state index in [1.165, 1.54) is 37.3 Å². The van der Waals surface area contributed by atoms with E-state index in [1.54, 1.807) is 12.1 Å². The number of carbonyl (C=O) groups excluding carboxylic acids is 1. The molecule has 0 saturated carbocycles. The van der Waals surface area contributed by atoms with Crippen molar-refractivity contribution < 1.29 is 22.7 Å². The molecule has 1 amide bonds. The van der Waals surface area contributed by atoms with E-state index in [4.69, 9.17) is 0 Å². The number of halogens is 1. The average molecular weight is 389 g/mol. The number of aryl methyl sites for hydroxylation is 1. The Hall–Kier alpha value is -2.51. The molecule has 1 fully saturated rings.